The minimum absolute atomic E-state index is 0.310. The van der Waals surface area contributed by atoms with Crippen molar-refractivity contribution in [3.8, 4) is 0 Å². The first-order valence-electron chi connectivity index (χ1n) is 9.08. The van der Waals surface area contributed by atoms with Crippen molar-refractivity contribution in [2.75, 3.05) is 13.2 Å². The second-order valence-electron chi connectivity index (χ2n) is 6.92. The first kappa shape index (κ1) is 24.1. The molecule has 0 aliphatic carbocycles. The van der Waals surface area contributed by atoms with Gasteiger partial charge in [0.1, 0.15) is 55.4 Å². The Morgan fingerprint density at radius 1 is 0.862 bits per heavy atom. The number of hydrogen-bond acceptors (Lipinski definition) is 12. The minimum Gasteiger partial charge on any atom is -0.459 e. The number of hydrogen-bond donors (Lipinski definition) is 7. The van der Waals surface area contributed by atoms with Gasteiger partial charge in [-0.1, -0.05) is 6.08 Å². The highest BCUT2D eigenvalue weighted by Crippen LogP contribution is 2.28. The molecule has 2 rings (SSSR count). The van der Waals surface area contributed by atoms with E-state index in [1.54, 1.807) is 6.92 Å². The van der Waals surface area contributed by atoms with E-state index in [2.05, 4.69) is 0 Å². The van der Waals surface area contributed by atoms with Gasteiger partial charge in [0.05, 0.1) is 6.61 Å². The molecule has 10 atom stereocenters. The van der Waals surface area contributed by atoms with E-state index in [4.69, 9.17) is 18.9 Å². The van der Waals surface area contributed by atoms with E-state index in [1.165, 1.54) is 13.0 Å². The van der Waals surface area contributed by atoms with Crippen molar-refractivity contribution in [1.29, 1.82) is 0 Å². The largest absolute Gasteiger partial charge is 0.459 e. The number of ether oxygens (including phenoxy) is 4. The summed E-state index contributed by atoms with van der Waals surface area (Å²) in [6, 6.07) is 0. The Hall–Kier alpha value is -1.19. The lowest BCUT2D eigenvalue weighted by Crippen LogP contribution is -2.63. The summed E-state index contributed by atoms with van der Waals surface area (Å²) in [5.41, 5.74) is 0.310. The smallest absolute Gasteiger partial charge is 0.333 e. The normalized spacial score (nSPS) is 43.8. The predicted molar refractivity (Wildman–Crippen MR) is 91.9 cm³/mol. The number of esters is 1. The van der Waals surface area contributed by atoms with Gasteiger partial charge in [-0.25, -0.2) is 4.79 Å². The summed E-state index contributed by atoms with van der Waals surface area (Å²) in [6.45, 7) is 1.99. The summed E-state index contributed by atoms with van der Waals surface area (Å²) in [7, 11) is 0. The molecule has 0 bridgehead atoms. The molecule has 0 aromatic carbocycles. The molecule has 0 saturated carbocycles. The summed E-state index contributed by atoms with van der Waals surface area (Å²) >= 11 is 0. The molecule has 0 radical (unpaired) electrons. The van der Waals surface area contributed by atoms with Crippen molar-refractivity contribution in [2.24, 2.45) is 0 Å². The monoisotopic (exact) mass is 424 g/mol. The van der Waals surface area contributed by atoms with Crippen molar-refractivity contribution in [3.63, 3.8) is 0 Å². The van der Waals surface area contributed by atoms with E-state index in [-0.39, 0.29) is 0 Å². The highest BCUT2D eigenvalue weighted by molar-refractivity contribution is 5.87. The molecule has 2 heterocycles. The standard InChI is InChI=1S/C17H28O12/c1-3-6(2)15(25)26-5-8-10(20)12(22)14(24)17(28-8)29-16-13(23)11(21)9(19)7(4-18)27-16/h3,7-14,16-24H,4-5H2,1-2H3/b6-3+/t7-,8+,9-,10+,11+,12-,13+,14+,16+,17-/m1/s1. The molecule has 2 aliphatic rings. The third kappa shape index (κ3) is 5.30. The Labute approximate surface area is 166 Å². The SMILES string of the molecule is C/C=C(\C)C(=O)OC[C@@H]1O[C@H](O[C@@H]2O[C@H](CO)[C@@H](O)[C@H](O)[C@@H]2O)[C@@H](O)[C@H](O)[C@H]1O. The fourth-order valence-electron chi connectivity index (χ4n) is 2.87. The maximum Gasteiger partial charge on any atom is 0.333 e. The molecule has 0 amide bonds. The second kappa shape index (κ2) is 10.2. The maximum absolute atomic E-state index is 11.7. The van der Waals surface area contributed by atoms with Crippen LogP contribution in [0, 0.1) is 0 Å². The fourth-order valence-corrected chi connectivity index (χ4v) is 2.87. The third-order valence-electron chi connectivity index (χ3n) is 4.92. The summed E-state index contributed by atoms with van der Waals surface area (Å²) in [6.07, 6.45) is -14.5. The van der Waals surface area contributed by atoms with Crippen LogP contribution < -0.4 is 0 Å². The molecule has 29 heavy (non-hydrogen) atoms. The molecule has 0 unspecified atom stereocenters. The van der Waals surface area contributed by atoms with Crippen LogP contribution in [-0.2, 0) is 23.7 Å². The molecule has 0 spiro atoms. The first-order chi connectivity index (χ1) is 13.6. The number of aliphatic hydroxyl groups excluding tert-OH is 7. The van der Waals surface area contributed by atoms with Gasteiger partial charge in [0, 0.05) is 5.57 Å². The zero-order valence-corrected chi connectivity index (χ0v) is 15.9. The van der Waals surface area contributed by atoms with Gasteiger partial charge in [-0.3, -0.25) is 0 Å². The summed E-state index contributed by atoms with van der Waals surface area (Å²) in [5.74, 6) is -0.671. The topological polar surface area (TPSA) is 196 Å². The first-order valence-corrected chi connectivity index (χ1v) is 9.08. The number of aliphatic hydroxyl groups is 7. The lowest BCUT2D eigenvalue weighted by Gasteiger charge is -2.44. The lowest BCUT2D eigenvalue weighted by molar-refractivity contribution is -0.376. The van der Waals surface area contributed by atoms with E-state index in [1.807, 2.05) is 0 Å². The highest BCUT2D eigenvalue weighted by Gasteiger charge is 2.49. The van der Waals surface area contributed by atoms with Gasteiger partial charge in [-0.15, -0.1) is 0 Å². The molecule has 2 aliphatic heterocycles. The number of allylic oxidation sites excluding steroid dienone is 1. The zero-order chi connectivity index (χ0) is 21.9. The molecule has 0 aromatic rings. The summed E-state index contributed by atoms with van der Waals surface area (Å²) in [4.78, 5) is 11.7. The van der Waals surface area contributed by atoms with E-state index in [9.17, 15) is 40.5 Å². The van der Waals surface area contributed by atoms with Gasteiger partial charge in [-0.05, 0) is 13.8 Å². The van der Waals surface area contributed by atoms with Crippen LogP contribution in [0.1, 0.15) is 13.8 Å². The van der Waals surface area contributed by atoms with Crippen molar-refractivity contribution >= 4 is 5.97 Å². The average molecular weight is 424 g/mol. The van der Waals surface area contributed by atoms with Gasteiger partial charge in [0.25, 0.3) is 0 Å². The Balaban J connectivity index is 2.06. The molecule has 7 N–H and O–H groups in total. The number of carbonyl (C=O) groups is 1. The van der Waals surface area contributed by atoms with Gasteiger partial charge < -0.3 is 54.7 Å². The maximum atomic E-state index is 11.7. The Kier molecular flexibility index (Phi) is 8.48. The molecule has 0 aromatic heterocycles. The quantitative estimate of drug-likeness (QED) is 0.162. The predicted octanol–water partition coefficient (Wildman–Crippen LogP) is -3.88. The van der Waals surface area contributed by atoms with Gasteiger partial charge in [0.15, 0.2) is 12.6 Å². The van der Waals surface area contributed by atoms with Crippen LogP contribution in [0.15, 0.2) is 11.6 Å². The summed E-state index contributed by atoms with van der Waals surface area (Å²) < 4.78 is 20.8. The molecule has 2 fully saturated rings. The fraction of sp³-hybridized carbons (Fsp3) is 0.824. The van der Waals surface area contributed by atoms with Crippen LogP contribution in [-0.4, -0.2) is 116 Å². The van der Waals surface area contributed by atoms with Crippen LogP contribution >= 0.6 is 0 Å². The molecule has 12 nitrogen and oxygen atoms in total. The molecule has 12 heteroatoms. The Morgan fingerprint density at radius 2 is 1.34 bits per heavy atom. The van der Waals surface area contributed by atoms with E-state index in [0.29, 0.717) is 5.57 Å². The van der Waals surface area contributed by atoms with Crippen LogP contribution in [0.5, 0.6) is 0 Å². The van der Waals surface area contributed by atoms with Crippen LogP contribution in [0.25, 0.3) is 0 Å². The molecule has 168 valence electrons. The molecular formula is C17H28O12. The average Bonchev–Trinajstić information content (AvgIpc) is 2.72. The zero-order valence-electron chi connectivity index (χ0n) is 15.9. The van der Waals surface area contributed by atoms with Gasteiger partial charge >= 0.3 is 5.97 Å². The van der Waals surface area contributed by atoms with Crippen LogP contribution in [0.4, 0.5) is 0 Å². The van der Waals surface area contributed by atoms with E-state index in [0.717, 1.165) is 0 Å². The van der Waals surface area contributed by atoms with E-state index < -0.39 is 80.6 Å². The summed E-state index contributed by atoms with van der Waals surface area (Å²) in [5, 5.41) is 69.0. The Morgan fingerprint density at radius 3 is 1.83 bits per heavy atom. The second-order valence-corrected chi connectivity index (χ2v) is 6.92. The molecular weight excluding hydrogens is 396 g/mol. The van der Waals surface area contributed by atoms with Crippen molar-refractivity contribution < 1.29 is 59.5 Å². The van der Waals surface area contributed by atoms with Gasteiger partial charge in [-0.2, -0.15) is 0 Å². The lowest BCUT2D eigenvalue weighted by atomic mass is 9.98. The highest BCUT2D eigenvalue weighted by atomic mass is 16.8. The third-order valence-corrected chi connectivity index (χ3v) is 4.92. The number of rotatable bonds is 6. The van der Waals surface area contributed by atoms with E-state index >= 15 is 0 Å². The number of carbonyl (C=O) groups excluding carboxylic acids is 1. The molecule has 2 saturated heterocycles. The van der Waals surface area contributed by atoms with Gasteiger partial charge in [0.2, 0.25) is 0 Å². The van der Waals surface area contributed by atoms with Crippen LogP contribution in [0.2, 0.25) is 0 Å². The van der Waals surface area contributed by atoms with Crippen molar-refractivity contribution in [2.45, 2.75) is 75.3 Å². The Bertz CT molecular complexity index is 581. The minimum atomic E-state index is -1.78. The van der Waals surface area contributed by atoms with Crippen molar-refractivity contribution in [1.82, 2.24) is 0 Å². The van der Waals surface area contributed by atoms with Crippen LogP contribution in [0.3, 0.4) is 0 Å². The van der Waals surface area contributed by atoms with Crippen molar-refractivity contribution in [3.05, 3.63) is 11.6 Å².